The zero-order chi connectivity index (χ0) is 7.23. The quantitative estimate of drug-likeness (QED) is 0.529. The zero-order valence-corrected chi connectivity index (χ0v) is 5.82. The molecular formula is C8H9NO. The lowest BCUT2D eigenvalue weighted by molar-refractivity contribution is 0.200. The van der Waals surface area contributed by atoms with Crippen LogP contribution in [0.3, 0.4) is 0 Å². The predicted molar refractivity (Wildman–Crippen MR) is 39.0 cm³/mol. The van der Waals surface area contributed by atoms with Crippen molar-refractivity contribution in [1.82, 2.24) is 0 Å². The molecule has 0 aromatic heterocycles. The Morgan fingerprint density at radius 1 is 1.10 bits per heavy atom. The molecule has 1 rings (SSSR count). The Kier molecular flexibility index (Phi) is 2.49. The van der Waals surface area contributed by atoms with Crippen LogP contribution in [0.5, 0.6) is 0 Å². The molecule has 2 nitrogen and oxygen atoms in total. The van der Waals surface area contributed by atoms with Crippen molar-refractivity contribution in [1.29, 1.82) is 0 Å². The molecule has 0 atom stereocenters. The number of rotatable bonds is 1. The van der Waals surface area contributed by atoms with Gasteiger partial charge in [0.05, 0.1) is 0 Å². The van der Waals surface area contributed by atoms with Crippen molar-refractivity contribution in [3.63, 3.8) is 0 Å². The molecule has 10 heavy (non-hydrogen) atoms. The van der Waals surface area contributed by atoms with Crippen molar-refractivity contribution in [2.24, 2.45) is 5.16 Å². The largest absolute Gasteiger partial charge is 0.399 e. The molecule has 0 amide bonds. The lowest BCUT2D eigenvalue weighted by Crippen LogP contribution is -1.95. The molecule has 0 saturated heterocycles. The Bertz CT molecular complexity index is 235. The first-order chi connectivity index (χ1) is 4.93. The number of nitrogens with zero attached hydrogens (tertiary/aromatic N) is 1. The Hall–Kier alpha value is -1.31. The predicted octanol–water partition coefficient (Wildman–Crippen LogP) is 1.15. The number of hydrogen-bond donors (Lipinski definition) is 0. The van der Waals surface area contributed by atoms with E-state index in [1.54, 1.807) is 0 Å². The minimum absolute atomic E-state index is 0.826. The van der Waals surface area contributed by atoms with Crippen LogP contribution in [0.25, 0.3) is 0 Å². The van der Waals surface area contributed by atoms with Gasteiger partial charge in [-0.3, -0.25) is 0 Å². The maximum absolute atomic E-state index is 4.59. The van der Waals surface area contributed by atoms with E-state index >= 15 is 0 Å². The Labute approximate surface area is 59.8 Å². The van der Waals surface area contributed by atoms with Crippen LogP contribution in [-0.2, 0) is 4.84 Å². The van der Waals surface area contributed by atoms with Gasteiger partial charge in [-0.15, -0.1) is 0 Å². The Morgan fingerprint density at radius 2 is 1.70 bits per heavy atom. The van der Waals surface area contributed by atoms with Gasteiger partial charge in [0.1, 0.15) is 12.5 Å². The number of hydrogen-bond acceptors (Lipinski definition) is 2. The summed E-state index contributed by atoms with van der Waals surface area (Å²) in [6.07, 6.45) is 0. The average molecular weight is 135 g/mol. The first-order valence-electron chi connectivity index (χ1n) is 3.06. The smallest absolute Gasteiger partial charge is 0.106 e. The fraction of sp³-hybridized carbons (Fsp3) is 0.125. The van der Waals surface area contributed by atoms with E-state index in [2.05, 4.69) is 9.99 Å². The molecule has 0 spiro atoms. The van der Waals surface area contributed by atoms with Gasteiger partial charge in [-0.1, -0.05) is 29.4 Å². The van der Waals surface area contributed by atoms with Crippen molar-refractivity contribution in [3.8, 4) is 0 Å². The van der Waals surface area contributed by atoms with Crippen LogP contribution in [0.2, 0.25) is 0 Å². The second kappa shape index (κ2) is 3.67. The average Bonchev–Trinajstić information content (AvgIpc) is 2.17. The summed E-state index contributed by atoms with van der Waals surface area (Å²) in [6.45, 7) is 0. The van der Waals surface area contributed by atoms with Crippen molar-refractivity contribution in [3.05, 3.63) is 41.8 Å². The van der Waals surface area contributed by atoms with E-state index in [-0.39, 0.29) is 0 Å². The van der Waals surface area contributed by atoms with E-state index in [1.807, 2.05) is 36.4 Å². The summed E-state index contributed by atoms with van der Waals surface area (Å²) in [5.74, 6) is 0. The molecule has 0 heterocycles. The minimum atomic E-state index is 0.826. The highest BCUT2D eigenvalue weighted by Crippen LogP contribution is 1.76. The summed E-state index contributed by atoms with van der Waals surface area (Å²) in [5.41, 5.74) is 0. The van der Waals surface area contributed by atoms with Crippen LogP contribution < -0.4 is 5.36 Å². The molecule has 0 unspecified atom stereocenters. The van der Waals surface area contributed by atoms with Crippen LogP contribution in [0, 0.1) is 0 Å². The van der Waals surface area contributed by atoms with Gasteiger partial charge >= 0.3 is 0 Å². The van der Waals surface area contributed by atoms with Crippen LogP contribution in [0.15, 0.2) is 41.6 Å². The van der Waals surface area contributed by atoms with Crippen LogP contribution in [-0.4, -0.2) is 7.11 Å². The van der Waals surface area contributed by atoms with Crippen molar-refractivity contribution in [2.45, 2.75) is 0 Å². The van der Waals surface area contributed by atoms with E-state index in [0.29, 0.717) is 0 Å². The summed E-state index contributed by atoms with van der Waals surface area (Å²) in [7, 11) is 1.53. The molecule has 0 aliphatic carbocycles. The van der Waals surface area contributed by atoms with Crippen LogP contribution >= 0.6 is 0 Å². The SMILES string of the molecule is CON=c1cccccc1. The fourth-order valence-electron chi connectivity index (χ4n) is 0.658. The monoisotopic (exact) mass is 135 g/mol. The second-order valence-corrected chi connectivity index (χ2v) is 1.80. The standard InChI is InChI=1S/C8H9NO/c1-10-9-8-6-4-2-3-5-7-8/h2-7H,1H3. The normalized spacial score (nSPS) is 8.50. The minimum Gasteiger partial charge on any atom is -0.399 e. The van der Waals surface area contributed by atoms with Gasteiger partial charge < -0.3 is 4.84 Å². The lowest BCUT2D eigenvalue weighted by Gasteiger charge is -1.80. The second-order valence-electron chi connectivity index (χ2n) is 1.80. The summed E-state index contributed by atoms with van der Waals surface area (Å²) in [6, 6.07) is 11.5. The molecule has 1 aromatic carbocycles. The molecule has 0 radical (unpaired) electrons. The molecule has 0 fully saturated rings. The van der Waals surface area contributed by atoms with Gasteiger partial charge in [0.2, 0.25) is 0 Å². The third kappa shape index (κ3) is 1.90. The van der Waals surface area contributed by atoms with Crippen molar-refractivity contribution in [2.75, 3.05) is 7.11 Å². The summed E-state index contributed by atoms with van der Waals surface area (Å²) in [5, 5.41) is 4.57. The topological polar surface area (TPSA) is 21.6 Å². The maximum Gasteiger partial charge on any atom is 0.106 e. The third-order valence-corrected chi connectivity index (χ3v) is 1.06. The molecule has 2 heteroatoms. The van der Waals surface area contributed by atoms with E-state index in [1.165, 1.54) is 7.11 Å². The first kappa shape index (κ1) is 6.81. The molecule has 1 aromatic rings. The van der Waals surface area contributed by atoms with Gasteiger partial charge in [-0.25, -0.2) is 0 Å². The van der Waals surface area contributed by atoms with E-state index < -0.39 is 0 Å². The van der Waals surface area contributed by atoms with Crippen LogP contribution in [0.1, 0.15) is 0 Å². The van der Waals surface area contributed by atoms with Crippen molar-refractivity contribution < 1.29 is 4.84 Å². The van der Waals surface area contributed by atoms with Gasteiger partial charge in [0.25, 0.3) is 0 Å². The summed E-state index contributed by atoms with van der Waals surface area (Å²) in [4.78, 5) is 4.59. The molecule has 0 aliphatic rings. The fourth-order valence-corrected chi connectivity index (χ4v) is 0.658. The molecule has 0 bridgehead atoms. The molecule has 0 N–H and O–H groups in total. The highest BCUT2D eigenvalue weighted by molar-refractivity contribution is 4.99. The zero-order valence-electron chi connectivity index (χ0n) is 5.82. The Balaban J connectivity index is 3.10. The molecule has 52 valence electrons. The van der Waals surface area contributed by atoms with Gasteiger partial charge in [0.15, 0.2) is 0 Å². The highest BCUT2D eigenvalue weighted by Gasteiger charge is 1.72. The highest BCUT2D eigenvalue weighted by atomic mass is 16.6. The molecular weight excluding hydrogens is 126 g/mol. The molecule has 0 saturated carbocycles. The van der Waals surface area contributed by atoms with Gasteiger partial charge in [0, 0.05) is 0 Å². The summed E-state index contributed by atoms with van der Waals surface area (Å²) >= 11 is 0. The Morgan fingerprint density at radius 3 is 2.20 bits per heavy atom. The van der Waals surface area contributed by atoms with Gasteiger partial charge in [-0.2, -0.15) is 0 Å². The third-order valence-electron chi connectivity index (χ3n) is 1.06. The van der Waals surface area contributed by atoms with Crippen molar-refractivity contribution >= 4 is 0 Å². The van der Waals surface area contributed by atoms with E-state index in [9.17, 15) is 0 Å². The summed E-state index contributed by atoms with van der Waals surface area (Å²) < 4.78 is 0. The van der Waals surface area contributed by atoms with Crippen LogP contribution in [0.4, 0.5) is 0 Å². The lowest BCUT2D eigenvalue weighted by atomic mass is 10.5. The molecule has 0 aliphatic heterocycles. The maximum atomic E-state index is 4.59. The van der Waals surface area contributed by atoms with E-state index in [0.717, 1.165) is 5.36 Å². The van der Waals surface area contributed by atoms with Gasteiger partial charge in [-0.05, 0) is 12.1 Å². The first-order valence-corrected chi connectivity index (χ1v) is 3.06. The van der Waals surface area contributed by atoms with E-state index in [4.69, 9.17) is 0 Å².